The molecule has 158 valence electrons. The average Bonchev–Trinajstić information content (AvgIpc) is 3.08. The second kappa shape index (κ2) is 9.30. The van der Waals surface area contributed by atoms with Gasteiger partial charge < -0.3 is 9.64 Å². The highest BCUT2D eigenvalue weighted by molar-refractivity contribution is 6.06. The zero-order chi connectivity index (χ0) is 20.9. The summed E-state index contributed by atoms with van der Waals surface area (Å²) in [7, 11) is 1.71. The van der Waals surface area contributed by atoms with E-state index in [1.165, 1.54) is 4.90 Å². The van der Waals surface area contributed by atoms with E-state index in [-0.39, 0.29) is 17.7 Å². The molecule has 2 amide bonds. The Morgan fingerprint density at radius 2 is 1.60 bits per heavy atom. The summed E-state index contributed by atoms with van der Waals surface area (Å²) in [5.41, 5.74) is 2.07. The third-order valence-electron chi connectivity index (χ3n) is 6.10. The molecule has 6 heteroatoms. The van der Waals surface area contributed by atoms with Gasteiger partial charge in [0.05, 0.1) is 18.7 Å². The summed E-state index contributed by atoms with van der Waals surface area (Å²) < 4.78 is 5.48. The van der Waals surface area contributed by atoms with Crippen LogP contribution >= 0.6 is 0 Å². The van der Waals surface area contributed by atoms with Crippen molar-refractivity contribution in [3.8, 4) is 5.75 Å². The molecule has 2 saturated heterocycles. The smallest absolute Gasteiger partial charge is 0.237 e. The number of piperazine rings is 1. The molecule has 4 rings (SSSR count). The van der Waals surface area contributed by atoms with Crippen molar-refractivity contribution in [3.05, 3.63) is 60.2 Å². The Morgan fingerprint density at radius 1 is 0.900 bits per heavy atom. The van der Waals surface area contributed by atoms with E-state index >= 15 is 0 Å². The summed E-state index contributed by atoms with van der Waals surface area (Å²) in [6.07, 6.45) is 1.11. The van der Waals surface area contributed by atoms with Crippen LogP contribution in [-0.2, 0) is 9.59 Å². The van der Waals surface area contributed by atoms with Gasteiger partial charge in [-0.1, -0.05) is 42.5 Å². The first-order valence-corrected chi connectivity index (χ1v) is 10.7. The van der Waals surface area contributed by atoms with Gasteiger partial charge in [0, 0.05) is 39.1 Å². The van der Waals surface area contributed by atoms with Crippen molar-refractivity contribution in [3.63, 3.8) is 0 Å². The van der Waals surface area contributed by atoms with E-state index in [1.807, 2.05) is 48.5 Å². The molecule has 2 aliphatic heterocycles. The van der Waals surface area contributed by atoms with E-state index in [4.69, 9.17) is 4.74 Å². The van der Waals surface area contributed by atoms with E-state index in [0.717, 1.165) is 56.1 Å². The van der Waals surface area contributed by atoms with Crippen LogP contribution in [0.25, 0.3) is 0 Å². The lowest BCUT2D eigenvalue weighted by molar-refractivity contribution is -0.138. The molecule has 2 aliphatic rings. The molecule has 0 N–H and O–H groups in total. The summed E-state index contributed by atoms with van der Waals surface area (Å²) in [5.74, 6) is 0.495. The van der Waals surface area contributed by atoms with Crippen LogP contribution in [0.5, 0.6) is 5.75 Å². The molecule has 0 bridgehead atoms. The van der Waals surface area contributed by atoms with Gasteiger partial charge in [0.15, 0.2) is 0 Å². The van der Waals surface area contributed by atoms with Gasteiger partial charge in [-0.3, -0.25) is 19.4 Å². The molecule has 2 aromatic carbocycles. The number of para-hydroxylation sites is 2. The predicted octanol–water partition coefficient (Wildman–Crippen LogP) is 2.75. The van der Waals surface area contributed by atoms with Crippen molar-refractivity contribution in [2.45, 2.75) is 18.8 Å². The molecule has 0 saturated carbocycles. The molecule has 0 aromatic heterocycles. The standard InChI is InChI=1S/C24H29N3O3/c1-30-22-11-6-5-10-21(22)26-16-14-25(15-17-26)12-7-13-27-23(28)18-20(24(27)29)19-8-3-2-4-9-19/h2-6,8-11,20H,7,12-18H2,1H3. The Balaban J connectivity index is 1.25. The number of rotatable bonds is 7. The number of nitrogens with zero attached hydrogens (tertiary/aromatic N) is 3. The summed E-state index contributed by atoms with van der Waals surface area (Å²) in [6, 6.07) is 17.7. The van der Waals surface area contributed by atoms with Crippen LogP contribution in [-0.4, -0.2) is 68.0 Å². The van der Waals surface area contributed by atoms with Crippen molar-refractivity contribution in [2.24, 2.45) is 0 Å². The maximum atomic E-state index is 12.7. The number of hydrogen-bond acceptors (Lipinski definition) is 5. The second-order valence-corrected chi connectivity index (χ2v) is 7.91. The Kier molecular flexibility index (Phi) is 6.33. The van der Waals surface area contributed by atoms with Crippen LogP contribution in [0.3, 0.4) is 0 Å². The highest BCUT2D eigenvalue weighted by Crippen LogP contribution is 2.30. The molecule has 0 spiro atoms. The van der Waals surface area contributed by atoms with Crippen LogP contribution in [0.1, 0.15) is 24.3 Å². The molecule has 2 aromatic rings. The number of ether oxygens (including phenoxy) is 1. The predicted molar refractivity (Wildman–Crippen MR) is 117 cm³/mol. The van der Waals surface area contributed by atoms with Gasteiger partial charge in [0.25, 0.3) is 0 Å². The highest BCUT2D eigenvalue weighted by Gasteiger charge is 2.38. The molecule has 0 aliphatic carbocycles. The quantitative estimate of drug-likeness (QED) is 0.661. The molecule has 0 radical (unpaired) electrons. The minimum absolute atomic E-state index is 0.0464. The molecular weight excluding hydrogens is 378 g/mol. The molecule has 2 heterocycles. The van der Waals surface area contributed by atoms with Crippen molar-refractivity contribution >= 4 is 17.5 Å². The van der Waals surface area contributed by atoms with Crippen LogP contribution in [0, 0.1) is 0 Å². The topological polar surface area (TPSA) is 53.1 Å². The minimum Gasteiger partial charge on any atom is -0.495 e. The second-order valence-electron chi connectivity index (χ2n) is 7.91. The number of anilines is 1. The summed E-state index contributed by atoms with van der Waals surface area (Å²) in [5, 5.41) is 0. The SMILES string of the molecule is COc1ccccc1N1CCN(CCCN2C(=O)CC(c3ccccc3)C2=O)CC1. The van der Waals surface area contributed by atoms with Gasteiger partial charge >= 0.3 is 0 Å². The van der Waals surface area contributed by atoms with Gasteiger partial charge in [0.2, 0.25) is 11.8 Å². The van der Waals surface area contributed by atoms with E-state index in [9.17, 15) is 9.59 Å². The van der Waals surface area contributed by atoms with Crippen molar-refractivity contribution in [2.75, 3.05) is 51.3 Å². The molecular formula is C24H29N3O3. The summed E-state index contributed by atoms with van der Waals surface area (Å²) in [6.45, 7) is 5.22. The zero-order valence-electron chi connectivity index (χ0n) is 17.5. The Labute approximate surface area is 178 Å². The number of hydrogen-bond donors (Lipinski definition) is 0. The molecule has 6 nitrogen and oxygen atoms in total. The number of carbonyl (C=O) groups is 2. The number of amides is 2. The first-order chi connectivity index (χ1) is 14.7. The largest absolute Gasteiger partial charge is 0.495 e. The van der Waals surface area contributed by atoms with Crippen molar-refractivity contribution < 1.29 is 14.3 Å². The third kappa shape index (κ3) is 4.33. The van der Waals surface area contributed by atoms with Crippen LogP contribution in [0.2, 0.25) is 0 Å². The number of imide groups is 1. The molecule has 1 atom stereocenters. The first-order valence-electron chi connectivity index (χ1n) is 10.7. The number of carbonyl (C=O) groups excluding carboxylic acids is 2. The molecule has 2 fully saturated rings. The third-order valence-corrected chi connectivity index (χ3v) is 6.10. The van der Waals surface area contributed by atoms with Gasteiger partial charge in [0.1, 0.15) is 5.75 Å². The van der Waals surface area contributed by atoms with Gasteiger partial charge in [-0.15, -0.1) is 0 Å². The van der Waals surface area contributed by atoms with Gasteiger partial charge in [-0.2, -0.15) is 0 Å². The van der Waals surface area contributed by atoms with Crippen LogP contribution in [0.15, 0.2) is 54.6 Å². The Hall–Kier alpha value is -2.86. The lowest BCUT2D eigenvalue weighted by Gasteiger charge is -2.36. The van der Waals surface area contributed by atoms with Crippen LogP contribution < -0.4 is 9.64 Å². The minimum atomic E-state index is -0.317. The fourth-order valence-corrected chi connectivity index (χ4v) is 4.42. The normalized spacial score (nSPS) is 20.1. The fourth-order valence-electron chi connectivity index (χ4n) is 4.42. The average molecular weight is 408 g/mol. The Bertz CT molecular complexity index is 878. The van der Waals surface area contributed by atoms with Gasteiger partial charge in [-0.05, 0) is 30.7 Å². The van der Waals surface area contributed by atoms with Crippen LogP contribution in [0.4, 0.5) is 5.69 Å². The van der Waals surface area contributed by atoms with Crippen molar-refractivity contribution in [1.82, 2.24) is 9.80 Å². The number of methoxy groups -OCH3 is 1. The number of likely N-dealkylation sites (tertiary alicyclic amines) is 1. The van der Waals surface area contributed by atoms with E-state index in [1.54, 1.807) is 7.11 Å². The van der Waals surface area contributed by atoms with E-state index in [0.29, 0.717) is 13.0 Å². The molecule has 1 unspecified atom stereocenters. The van der Waals surface area contributed by atoms with Crippen molar-refractivity contribution in [1.29, 1.82) is 0 Å². The maximum Gasteiger partial charge on any atom is 0.237 e. The Morgan fingerprint density at radius 3 is 2.33 bits per heavy atom. The monoisotopic (exact) mass is 407 g/mol. The lowest BCUT2D eigenvalue weighted by atomic mass is 9.98. The lowest BCUT2D eigenvalue weighted by Crippen LogP contribution is -2.47. The fraction of sp³-hybridized carbons (Fsp3) is 0.417. The first kappa shape index (κ1) is 20.4. The van der Waals surface area contributed by atoms with E-state index in [2.05, 4.69) is 15.9 Å². The zero-order valence-corrected chi connectivity index (χ0v) is 17.5. The highest BCUT2D eigenvalue weighted by atomic mass is 16.5. The summed E-state index contributed by atoms with van der Waals surface area (Å²) in [4.78, 5) is 31.3. The maximum absolute atomic E-state index is 12.7. The molecule has 30 heavy (non-hydrogen) atoms. The summed E-state index contributed by atoms with van der Waals surface area (Å²) >= 11 is 0. The number of benzene rings is 2. The van der Waals surface area contributed by atoms with E-state index < -0.39 is 0 Å². The van der Waals surface area contributed by atoms with Gasteiger partial charge in [-0.25, -0.2) is 0 Å².